The average Bonchev–Trinajstić information content (AvgIpc) is 2.38. The standard InChI is InChI=1S/C15H20N2O3/c1-9-8-12(17(4)5)6-7-13(9)16-14(18)10(2)11(3)15(19)20/h6-8H,1-5H3,(H,16,18)(H,19,20). The molecule has 0 radical (unpaired) electrons. The number of carbonyl (C=O) groups is 2. The van der Waals surface area contributed by atoms with E-state index in [-0.39, 0.29) is 11.1 Å². The molecule has 1 aromatic rings. The van der Waals surface area contributed by atoms with Gasteiger partial charge in [-0.25, -0.2) is 4.79 Å². The highest BCUT2D eigenvalue weighted by Crippen LogP contribution is 2.22. The van der Waals surface area contributed by atoms with Crippen LogP contribution in [0.25, 0.3) is 0 Å². The van der Waals surface area contributed by atoms with Gasteiger partial charge in [-0.15, -0.1) is 0 Å². The maximum Gasteiger partial charge on any atom is 0.331 e. The van der Waals surface area contributed by atoms with Gasteiger partial charge in [-0.3, -0.25) is 4.79 Å². The topological polar surface area (TPSA) is 69.6 Å². The first-order valence-electron chi connectivity index (χ1n) is 6.24. The monoisotopic (exact) mass is 276 g/mol. The highest BCUT2D eigenvalue weighted by Gasteiger charge is 2.13. The van der Waals surface area contributed by atoms with E-state index in [1.54, 1.807) is 0 Å². The fourth-order valence-electron chi connectivity index (χ4n) is 1.61. The van der Waals surface area contributed by atoms with Crippen molar-refractivity contribution >= 4 is 23.3 Å². The lowest BCUT2D eigenvalue weighted by molar-refractivity contribution is -0.133. The van der Waals surface area contributed by atoms with E-state index in [0.29, 0.717) is 5.69 Å². The Kier molecular flexibility index (Phi) is 4.91. The van der Waals surface area contributed by atoms with Gasteiger partial charge < -0.3 is 15.3 Å². The van der Waals surface area contributed by atoms with Crippen LogP contribution >= 0.6 is 0 Å². The molecular weight excluding hydrogens is 256 g/mol. The van der Waals surface area contributed by atoms with Crippen LogP contribution in [0.4, 0.5) is 11.4 Å². The summed E-state index contributed by atoms with van der Waals surface area (Å²) in [6.45, 7) is 4.81. The number of amides is 1. The van der Waals surface area contributed by atoms with Gasteiger partial charge in [0.25, 0.3) is 5.91 Å². The molecule has 0 aliphatic heterocycles. The number of benzene rings is 1. The minimum Gasteiger partial charge on any atom is -0.478 e. The highest BCUT2D eigenvalue weighted by molar-refractivity contribution is 6.08. The largest absolute Gasteiger partial charge is 0.478 e. The van der Waals surface area contributed by atoms with Crippen LogP contribution in [0.1, 0.15) is 19.4 Å². The molecule has 20 heavy (non-hydrogen) atoms. The summed E-state index contributed by atoms with van der Waals surface area (Å²) in [6.07, 6.45) is 0. The molecule has 2 N–H and O–H groups in total. The number of carbonyl (C=O) groups excluding carboxylic acids is 1. The zero-order valence-corrected chi connectivity index (χ0v) is 12.4. The van der Waals surface area contributed by atoms with Gasteiger partial charge in [-0.2, -0.15) is 0 Å². The van der Waals surface area contributed by atoms with Crippen LogP contribution in [-0.4, -0.2) is 31.1 Å². The quantitative estimate of drug-likeness (QED) is 0.829. The third kappa shape index (κ3) is 3.60. The molecular formula is C15H20N2O3. The summed E-state index contributed by atoms with van der Waals surface area (Å²) in [5.74, 6) is -1.48. The third-order valence-electron chi connectivity index (χ3n) is 3.20. The van der Waals surface area contributed by atoms with Crippen LogP contribution in [-0.2, 0) is 9.59 Å². The minimum absolute atomic E-state index is 0.0464. The van der Waals surface area contributed by atoms with E-state index in [9.17, 15) is 9.59 Å². The van der Waals surface area contributed by atoms with Crippen LogP contribution in [0.2, 0.25) is 0 Å². The average molecular weight is 276 g/mol. The van der Waals surface area contributed by atoms with E-state index in [1.807, 2.05) is 44.1 Å². The van der Waals surface area contributed by atoms with E-state index >= 15 is 0 Å². The number of hydrogen-bond donors (Lipinski definition) is 2. The molecule has 0 saturated heterocycles. The maximum atomic E-state index is 12.0. The molecule has 5 heteroatoms. The summed E-state index contributed by atoms with van der Waals surface area (Å²) in [4.78, 5) is 24.8. The van der Waals surface area contributed by atoms with Gasteiger partial charge in [0.1, 0.15) is 0 Å². The molecule has 0 aromatic heterocycles. The number of aliphatic carboxylic acids is 1. The SMILES string of the molecule is CC(C(=O)O)=C(C)C(=O)Nc1ccc(N(C)C)cc1C. The number of carboxylic acids is 1. The van der Waals surface area contributed by atoms with Crippen molar-refractivity contribution in [2.24, 2.45) is 0 Å². The Morgan fingerprint density at radius 3 is 2.20 bits per heavy atom. The van der Waals surface area contributed by atoms with Gasteiger partial charge in [0.05, 0.1) is 0 Å². The Morgan fingerprint density at radius 2 is 1.75 bits per heavy atom. The molecule has 0 fully saturated rings. The molecule has 0 spiro atoms. The van der Waals surface area contributed by atoms with Crippen LogP contribution in [0.15, 0.2) is 29.3 Å². The second-order valence-electron chi connectivity index (χ2n) is 4.90. The molecule has 0 bridgehead atoms. The molecule has 0 aliphatic rings. The Morgan fingerprint density at radius 1 is 1.15 bits per heavy atom. The van der Waals surface area contributed by atoms with E-state index in [0.717, 1.165) is 11.3 Å². The molecule has 0 atom stereocenters. The van der Waals surface area contributed by atoms with Crippen molar-refractivity contribution in [1.82, 2.24) is 0 Å². The lowest BCUT2D eigenvalue weighted by atomic mass is 10.1. The lowest BCUT2D eigenvalue weighted by Crippen LogP contribution is -2.17. The van der Waals surface area contributed by atoms with Crippen molar-refractivity contribution in [3.8, 4) is 0 Å². The van der Waals surface area contributed by atoms with Crippen LogP contribution < -0.4 is 10.2 Å². The summed E-state index contributed by atoms with van der Waals surface area (Å²) < 4.78 is 0. The first-order chi connectivity index (χ1) is 9.23. The predicted octanol–water partition coefficient (Wildman–Crippen LogP) is 2.42. The van der Waals surface area contributed by atoms with E-state index in [2.05, 4.69) is 5.32 Å². The number of hydrogen-bond acceptors (Lipinski definition) is 3. The number of anilines is 2. The maximum absolute atomic E-state index is 12.0. The number of nitrogens with one attached hydrogen (secondary N) is 1. The fraction of sp³-hybridized carbons (Fsp3) is 0.333. The van der Waals surface area contributed by atoms with Gasteiger partial charge >= 0.3 is 5.97 Å². The molecule has 1 rings (SSSR count). The Balaban J connectivity index is 2.98. The number of carboxylic acid groups (broad SMARTS) is 1. The van der Waals surface area contributed by atoms with E-state index < -0.39 is 11.9 Å². The molecule has 0 aliphatic carbocycles. The van der Waals surface area contributed by atoms with Gasteiger partial charge in [0, 0.05) is 36.6 Å². The van der Waals surface area contributed by atoms with Gasteiger partial charge in [0.15, 0.2) is 0 Å². The van der Waals surface area contributed by atoms with Crippen molar-refractivity contribution in [2.75, 3.05) is 24.3 Å². The summed E-state index contributed by atoms with van der Waals surface area (Å²) in [6, 6.07) is 5.66. The fourth-order valence-corrected chi connectivity index (χ4v) is 1.61. The normalized spacial score (nSPS) is 11.7. The summed E-state index contributed by atoms with van der Waals surface area (Å²) >= 11 is 0. The highest BCUT2D eigenvalue weighted by atomic mass is 16.4. The molecule has 0 saturated carbocycles. The van der Waals surface area contributed by atoms with Crippen molar-refractivity contribution < 1.29 is 14.7 Å². The minimum atomic E-state index is -1.09. The first-order valence-corrected chi connectivity index (χ1v) is 6.24. The Labute approximate surface area is 118 Å². The Hall–Kier alpha value is -2.30. The van der Waals surface area contributed by atoms with Crippen molar-refractivity contribution in [3.05, 3.63) is 34.9 Å². The van der Waals surface area contributed by atoms with Crippen LogP contribution in [0.5, 0.6) is 0 Å². The second kappa shape index (κ2) is 6.23. The van der Waals surface area contributed by atoms with Crippen molar-refractivity contribution in [1.29, 1.82) is 0 Å². The van der Waals surface area contributed by atoms with Crippen LogP contribution in [0.3, 0.4) is 0 Å². The second-order valence-corrected chi connectivity index (χ2v) is 4.90. The first kappa shape index (κ1) is 15.8. The number of nitrogens with zero attached hydrogens (tertiary/aromatic N) is 1. The predicted molar refractivity (Wildman–Crippen MR) is 80.1 cm³/mol. The van der Waals surface area contributed by atoms with Gasteiger partial charge in [-0.05, 0) is 44.5 Å². The number of rotatable bonds is 4. The van der Waals surface area contributed by atoms with Gasteiger partial charge in [-0.1, -0.05) is 0 Å². The molecule has 0 unspecified atom stereocenters. The third-order valence-corrected chi connectivity index (χ3v) is 3.20. The lowest BCUT2D eigenvalue weighted by Gasteiger charge is -2.15. The summed E-state index contributed by atoms with van der Waals surface area (Å²) in [7, 11) is 3.88. The van der Waals surface area contributed by atoms with E-state index in [4.69, 9.17) is 5.11 Å². The smallest absolute Gasteiger partial charge is 0.331 e. The molecule has 0 heterocycles. The molecule has 5 nitrogen and oxygen atoms in total. The summed E-state index contributed by atoms with van der Waals surface area (Å²) in [5, 5.41) is 11.6. The Bertz CT molecular complexity index is 574. The van der Waals surface area contributed by atoms with Gasteiger partial charge in [0.2, 0.25) is 0 Å². The number of aryl methyl sites for hydroxylation is 1. The van der Waals surface area contributed by atoms with Crippen molar-refractivity contribution in [3.63, 3.8) is 0 Å². The van der Waals surface area contributed by atoms with Crippen LogP contribution in [0, 0.1) is 6.92 Å². The molecule has 108 valence electrons. The van der Waals surface area contributed by atoms with Crippen molar-refractivity contribution in [2.45, 2.75) is 20.8 Å². The van der Waals surface area contributed by atoms with E-state index in [1.165, 1.54) is 13.8 Å². The zero-order valence-electron chi connectivity index (χ0n) is 12.4. The molecule has 1 aromatic carbocycles. The molecule has 1 amide bonds. The zero-order chi connectivity index (χ0) is 15.4. The summed E-state index contributed by atoms with van der Waals surface area (Å²) in [5.41, 5.74) is 2.89.